The highest BCUT2D eigenvalue weighted by Crippen LogP contribution is 2.22. The van der Waals surface area contributed by atoms with Crippen LogP contribution in [0.4, 0.5) is 0 Å². The fourth-order valence-corrected chi connectivity index (χ4v) is 1.73. The van der Waals surface area contributed by atoms with Gasteiger partial charge in [0.15, 0.2) is 0 Å². The zero-order valence-electron chi connectivity index (χ0n) is 9.43. The molecule has 0 amide bonds. The second-order valence-corrected chi connectivity index (χ2v) is 4.03. The second kappa shape index (κ2) is 4.51. The number of aliphatic hydroxyl groups excluding tert-OH is 1. The summed E-state index contributed by atoms with van der Waals surface area (Å²) in [7, 11) is 0. The van der Waals surface area contributed by atoms with Crippen molar-refractivity contribution in [1.29, 1.82) is 0 Å². The van der Waals surface area contributed by atoms with Crippen molar-refractivity contribution in [3.05, 3.63) is 41.5 Å². The van der Waals surface area contributed by atoms with Gasteiger partial charge in [-0.15, -0.1) is 0 Å². The summed E-state index contributed by atoms with van der Waals surface area (Å²) in [6.45, 7) is 1.98. The largest absolute Gasteiger partial charge is 0.392 e. The second-order valence-electron chi connectivity index (χ2n) is 4.03. The highest BCUT2D eigenvalue weighted by molar-refractivity contribution is 6.50. The summed E-state index contributed by atoms with van der Waals surface area (Å²) in [6, 6.07) is 6.94. The molecule has 2 N–H and O–H groups in total. The van der Waals surface area contributed by atoms with E-state index in [1.54, 1.807) is 31.2 Å². The fourth-order valence-electron chi connectivity index (χ4n) is 1.73. The molecule has 0 aromatic heterocycles. The molecule has 1 aliphatic rings. The van der Waals surface area contributed by atoms with E-state index in [-0.39, 0.29) is 0 Å². The summed E-state index contributed by atoms with van der Waals surface area (Å²) < 4.78 is 0. The van der Waals surface area contributed by atoms with Crippen molar-refractivity contribution in [1.82, 2.24) is 5.32 Å². The van der Waals surface area contributed by atoms with Crippen molar-refractivity contribution in [3.8, 4) is 0 Å². The maximum Gasteiger partial charge on any atom is 0.233 e. The van der Waals surface area contributed by atoms with Gasteiger partial charge in [0.1, 0.15) is 0 Å². The van der Waals surface area contributed by atoms with Crippen molar-refractivity contribution in [2.24, 2.45) is 0 Å². The van der Waals surface area contributed by atoms with Crippen LogP contribution in [0.5, 0.6) is 0 Å². The van der Waals surface area contributed by atoms with Crippen molar-refractivity contribution < 1.29 is 14.7 Å². The van der Waals surface area contributed by atoms with Crippen LogP contribution >= 0.6 is 0 Å². The van der Waals surface area contributed by atoms with Crippen molar-refractivity contribution >= 4 is 17.3 Å². The Morgan fingerprint density at radius 3 is 2.53 bits per heavy atom. The standard InChI is InChI=1S/C13H13NO3/c1-8(15)7-14-11-6-12(16)13(17)10-5-3-2-4-9(10)11/h2-6,8,14-15H,7H2,1H3/t8-/m1/s1. The number of fused-ring (bicyclic) bond motifs is 1. The Hall–Kier alpha value is -1.94. The van der Waals surface area contributed by atoms with Crippen molar-refractivity contribution in [2.45, 2.75) is 13.0 Å². The predicted octanol–water partition coefficient (Wildman–Crippen LogP) is 0.763. The van der Waals surface area contributed by atoms with E-state index < -0.39 is 17.7 Å². The number of Topliss-reactive ketones (excluding diaryl/α,β-unsaturated/α-hetero) is 1. The van der Waals surface area contributed by atoms with E-state index in [1.807, 2.05) is 0 Å². The Kier molecular flexibility index (Phi) is 3.06. The number of allylic oxidation sites excluding steroid dienone is 1. The lowest BCUT2D eigenvalue weighted by Gasteiger charge is -2.18. The third kappa shape index (κ3) is 2.26. The molecule has 0 saturated heterocycles. The molecule has 88 valence electrons. The molecular formula is C13H13NO3. The van der Waals surface area contributed by atoms with Gasteiger partial charge in [0.2, 0.25) is 11.6 Å². The zero-order valence-corrected chi connectivity index (χ0v) is 9.43. The van der Waals surface area contributed by atoms with Gasteiger partial charge in [-0.05, 0) is 6.92 Å². The number of benzene rings is 1. The molecule has 0 bridgehead atoms. The smallest absolute Gasteiger partial charge is 0.233 e. The quantitative estimate of drug-likeness (QED) is 0.754. The number of carbonyl (C=O) groups is 2. The first-order valence-corrected chi connectivity index (χ1v) is 5.41. The van der Waals surface area contributed by atoms with Crippen LogP contribution in [0, 0.1) is 0 Å². The molecule has 4 nitrogen and oxygen atoms in total. The first-order valence-electron chi connectivity index (χ1n) is 5.41. The Morgan fingerprint density at radius 2 is 1.88 bits per heavy atom. The summed E-state index contributed by atoms with van der Waals surface area (Å²) >= 11 is 0. The monoisotopic (exact) mass is 231 g/mol. The average molecular weight is 231 g/mol. The van der Waals surface area contributed by atoms with Crippen LogP contribution in [-0.4, -0.2) is 29.3 Å². The van der Waals surface area contributed by atoms with Crippen LogP contribution in [-0.2, 0) is 4.79 Å². The van der Waals surface area contributed by atoms with Crippen LogP contribution in [0.3, 0.4) is 0 Å². The van der Waals surface area contributed by atoms with Gasteiger partial charge >= 0.3 is 0 Å². The Labute approximate surface area is 99.0 Å². The van der Waals surface area contributed by atoms with Crippen LogP contribution in [0.1, 0.15) is 22.8 Å². The highest BCUT2D eigenvalue weighted by atomic mass is 16.3. The lowest BCUT2D eigenvalue weighted by molar-refractivity contribution is -0.111. The zero-order chi connectivity index (χ0) is 12.4. The molecule has 1 aromatic carbocycles. The van der Waals surface area contributed by atoms with E-state index >= 15 is 0 Å². The van der Waals surface area contributed by atoms with E-state index in [2.05, 4.69) is 5.32 Å². The third-order valence-electron chi connectivity index (χ3n) is 2.55. The van der Waals surface area contributed by atoms with E-state index in [4.69, 9.17) is 0 Å². The van der Waals surface area contributed by atoms with Gasteiger partial charge in [0.25, 0.3) is 0 Å². The molecular weight excluding hydrogens is 218 g/mol. The van der Waals surface area contributed by atoms with E-state index in [0.29, 0.717) is 23.4 Å². The number of carbonyl (C=O) groups excluding carboxylic acids is 2. The molecule has 1 aliphatic carbocycles. The third-order valence-corrected chi connectivity index (χ3v) is 2.55. The predicted molar refractivity (Wildman–Crippen MR) is 63.4 cm³/mol. The van der Waals surface area contributed by atoms with Gasteiger partial charge < -0.3 is 10.4 Å². The first kappa shape index (κ1) is 11.5. The van der Waals surface area contributed by atoms with E-state index in [9.17, 15) is 14.7 Å². The molecule has 0 radical (unpaired) electrons. The number of aliphatic hydroxyl groups is 1. The van der Waals surface area contributed by atoms with Gasteiger partial charge in [-0.2, -0.15) is 0 Å². The Balaban J connectivity index is 2.36. The molecule has 17 heavy (non-hydrogen) atoms. The van der Waals surface area contributed by atoms with E-state index in [1.165, 1.54) is 6.08 Å². The first-order chi connectivity index (χ1) is 8.09. The topological polar surface area (TPSA) is 66.4 Å². The highest BCUT2D eigenvalue weighted by Gasteiger charge is 2.25. The minimum Gasteiger partial charge on any atom is -0.392 e. The molecule has 0 saturated carbocycles. The number of hydrogen-bond donors (Lipinski definition) is 2. The summed E-state index contributed by atoms with van der Waals surface area (Å²) in [4.78, 5) is 23.1. The average Bonchev–Trinajstić information content (AvgIpc) is 2.32. The van der Waals surface area contributed by atoms with Gasteiger partial charge in [0, 0.05) is 29.4 Å². The molecule has 0 aliphatic heterocycles. The van der Waals surface area contributed by atoms with Crippen LogP contribution in [0.15, 0.2) is 30.3 Å². The summed E-state index contributed by atoms with van der Waals surface area (Å²) in [5.74, 6) is -1.01. The van der Waals surface area contributed by atoms with Crippen LogP contribution < -0.4 is 5.32 Å². The van der Waals surface area contributed by atoms with Gasteiger partial charge in [-0.3, -0.25) is 9.59 Å². The molecule has 0 fully saturated rings. The Bertz CT molecular complexity index is 503. The molecule has 1 atom stereocenters. The van der Waals surface area contributed by atoms with Gasteiger partial charge in [0.05, 0.1) is 6.10 Å². The molecule has 1 aromatic rings. The SMILES string of the molecule is C[C@@H](O)CNC1=CC(=O)C(=O)c2ccccc21. The number of hydrogen-bond acceptors (Lipinski definition) is 4. The molecule has 2 rings (SSSR count). The normalized spacial score (nSPS) is 16.2. The minimum atomic E-state index is -0.531. The minimum absolute atomic E-state index is 0.335. The summed E-state index contributed by atoms with van der Waals surface area (Å²) in [6.07, 6.45) is 0.767. The maximum atomic E-state index is 11.6. The van der Waals surface area contributed by atoms with Crippen molar-refractivity contribution in [2.75, 3.05) is 6.54 Å². The number of rotatable bonds is 3. The van der Waals surface area contributed by atoms with Crippen molar-refractivity contribution in [3.63, 3.8) is 0 Å². The summed E-state index contributed by atoms with van der Waals surface area (Å²) in [5.41, 5.74) is 1.71. The van der Waals surface area contributed by atoms with Gasteiger partial charge in [-0.25, -0.2) is 0 Å². The number of ketones is 2. The summed E-state index contributed by atoms with van der Waals surface area (Å²) in [5, 5.41) is 12.2. The molecule has 0 spiro atoms. The lowest BCUT2D eigenvalue weighted by atomic mass is 9.93. The maximum absolute atomic E-state index is 11.6. The van der Waals surface area contributed by atoms with Crippen LogP contribution in [0.2, 0.25) is 0 Å². The van der Waals surface area contributed by atoms with Gasteiger partial charge in [-0.1, -0.05) is 24.3 Å². The van der Waals surface area contributed by atoms with E-state index in [0.717, 1.165) is 0 Å². The molecule has 0 unspecified atom stereocenters. The number of nitrogens with one attached hydrogen (secondary N) is 1. The Morgan fingerprint density at radius 1 is 1.24 bits per heavy atom. The van der Waals surface area contributed by atoms with Crippen LogP contribution in [0.25, 0.3) is 5.70 Å². The molecule has 0 heterocycles. The fraction of sp³-hybridized carbons (Fsp3) is 0.231. The lowest BCUT2D eigenvalue weighted by Crippen LogP contribution is -2.28. The molecule has 4 heteroatoms.